The van der Waals surface area contributed by atoms with E-state index in [2.05, 4.69) is 5.32 Å². The molecule has 0 bridgehead atoms. The molecular weight excluding hydrogens is 494 g/mol. The zero-order chi connectivity index (χ0) is 26.8. The second-order valence-corrected chi connectivity index (χ2v) is 9.44. The number of hydrogen-bond donors (Lipinski definition) is 2. The highest BCUT2D eigenvalue weighted by molar-refractivity contribution is 5.97. The summed E-state index contributed by atoms with van der Waals surface area (Å²) in [7, 11) is 0. The topological polar surface area (TPSA) is 55.1 Å². The molecule has 4 rings (SSSR count). The minimum atomic E-state index is -4.49. The fraction of sp³-hybridized carbons (Fsp3) is 0.321. The van der Waals surface area contributed by atoms with Crippen LogP contribution in [0.3, 0.4) is 0 Å². The van der Waals surface area contributed by atoms with Crippen LogP contribution in [0.4, 0.5) is 26.3 Å². The number of nitrogens with one attached hydrogen (secondary N) is 1. The molecule has 1 fully saturated rings. The fourth-order valence-electron chi connectivity index (χ4n) is 4.71. The van der Waals surface area contributed by atoms with Gasteiger partial charge in [0.05, 0.1) is 11.1 Å². The van der Waals surface area contributed by atoms with E-state index in [0.29, 0.717) is 47.2 Å². The van der Waals surface area contributed by atoms with Crippen molar-refractivity contribution in [3.8, 4) is 22.3 Å². The van der Waals surface area contributed by atoms with Gasteiger partial charge in [-0.25, -0.2) is 0 Å². The standard InChI is InChI=1S/C28H26F6N2O/c29-27(30,31)24-7-3-19(4-8-24)21-12-22(20-5-9-25(10-6-20)28(32,33)34)14-23(13-21)26(37)36-16-18-2-1-17(11-18)15-35/h3-10,12-14,17-18H,1-2,11,15-16,35H2,(H,36,37)/t17-,18+/m1/s1. The zero-order valence-electron chi connectivity index (χ0n) is 19.8. The van der Waals surface area contributed by atoms with E-state index in [9.17, 15) is 31.1 Å². The Balaban J connectivity index is 1.65. The van der Waals surface area contributed by atoms with Gasteiger partial charge in [0.25, 0.3) is 5.91 Å². The number of nitrogens with two attached hydrogens (primary N) is 1. The van der Waals surface area contributed by atoms with Crippen molar-refractivity contribution >= 4 is 5.91 Å². The average Bonchev–Trinajstić information content (AvgIpc) is 3.34. The third-order valence-corrected chi connectivity index (χ3v) is 6.82. The number of hydrogen-bond acceptors (Lipinski definition) is 2. The second-order valence-electron chi connectivity index (χ2n) is 9.44. The van der Waals surface area contributed by atoms with Crippen LogP contribution in [0, 0.1) is 11.8 Å². The van der Waals surface area contributed by atoms with Crippen molar-refractivity contribution in [2.75, 3.05) is 13.1 Å². The van der Waals surface area contributed by atoms with Crippen LogP contribution in [0.5, 0.6) is 0 Å². The maximum absolute atomic E-state index is 13.1. The first kappa shape index (κ1) is 26.7. The van der Waals surface area contributed by atoms with Crippen molar-refractivity contribution in [2.45, 2.75) is 31.6 Å². The van der Waals surface area contributed by atoms with Crippen molar-refractivity contribution in [1.82, 2.24) is 5.32 Å². The summed E-state index contributed by atoms with van der Waals surface area (Å²) in [5.74, 6) is 0.388. The van der Waals surface area contributed by atoms with Gasteiger partial charge in [-0.05, 0) is 102 Å². The van der Waals surface area contributed by atoms with E-state index in [4.69, 9.17) is 5.73 Å². The first-order chi connectivity index (χ1) is 17.4. The smallest absolute Gasteiger partial charge is 0.352 e. The quantitative estimate of drug-likeness (QED) is 0.339. The highest BCUT2D eigenvalue weighted by atomic mass is 19.4. The van der Waals surface area contributed by atoms with Gasteiger partial charge in [-0.3, -0.25) is 4.79 Å². The highest BCUT2D eigenvalue weighted by Gasteiger charge is 2.31. The summed E-state index contributed by atoms with van der Waals surface area (Å²) in [5, 5.41) is 2.92. The first-order valence-corrected chi connectivity index (χ1v) is 11.9. The van der Waals surface area contributed by atoms with Gasteiger partial charge in [0.2, 0.25) is 0 Å². The molecule has 0 radical (unpaired) electrons. The molecule has 1 aliphatic rings. The van der Waals surface area contributed by atoms with Gasteiger partial charge in [-0.2, -0.15) is 26.3 Å². The Morgan fingerprint density at radius 1 is 0.730 bits per heavy atom. The van der Waals surface area contributed by atoms with E-state index >= 15 is 0 Å². The van der Waals surface area contributed by atoms with Crippen molar-refractivity contribution in [2.24, 2.45) is 17.6 Å². The molecule has 0 aliphatic heterocycles. The van der Waals surface area contributed by atoms with Crippen LogP contribution in [0.2, 0.25) is 0 Å². The van der Waals surface area contributed by atoms with Crippen LogP contribution in [0.25, 0.3) is 22.3 Å². The molecule has 3 aromatic carbocycles. The van der Waals surface area contributed by atoms with Gasteiger partial charge < -0.3 is 11.1 Å². The highest BCUT2D eigenvalue weighted by Crippen LogP contribution is 2.35. The first-order valence-electron chi connectivity index (χ1n) is 11.9. The Hall–Kier alpha value is -3.33. The van der Waals surface area contributed by atoms with Crippen LogP contribution in [0.15, 0.2) is 66.7 Å². The number of carbonyl (C=O) groups is 1. The Bertz CT molecular complexity index is 1160. The predicted octanol–water partition coefficient (Wildman–Crippen LogP) is 7.16. The molecule has 37 heavy (non-hydrogen) atoms. The number of alkyl halides is 6. The molecule has 0 saturated heterocycles. The van der Waals surface area contributed by atoms with Crippen molar-refractivity contribution < 1.29 is 31.1 Å². The lowest BCUT2D eigenvalue weighted by molar-refractivity contribution is -0.138. The lowest BCUT2D eigenvalue weighted by Crippen LogP contribution is -2.28. The fourth-order valence-corrected chi connectivity index (χ4v) is 4.71. The summed E-state index contributed by atoms with van der Waals surface area (Å²) in [6, 6.07) is 13.8. The normalized spacial score (nSPS) is 18.1. The van der Waals surface area contributed by atoms with Gasteiger partial charge in [0.1, 0.15) is 0 Å². The van der Waals surface area contributed by atoms with E-state index in [1.807, 2.05) is 0 Å². The SMILES string of the molecule is NC[C@@H]1CC[C@H](CNC(=O)c2cc(-c3ccc(C(F)(F)F)cc3)cc(-c3ccc(C(F)(F)F)cc3)c2)C1. The summed E-state index contributed by atoms with van der Waals surface area (Å²) in [4.78, 5) is 13.1. The van der Waals surface area contributed by atoms with Crippen molar-refractivity contribution in [3.05, 3.63) is 83.4 Å². The number of halogens is 6. The molecule has 0 unspecified atom stereocenters. The van der Waals surface area contributed by atoms with Crippen molar-refractivity contribution in [1.29, 1.82) is 0 Å². The number of benzene rings is 3. The van der Waals surface area contributed by atoms with Gasteiger partial charge in [-0.1, -0.05) is 24.3 Å². The molecule has 1 amide bonds. The summed E-state index contributed by atoms with van der Waals surface area (Å²) >= 11 is 0. The molecular formula is C28H26F6N2O. The zero-order valence-corrected chi connectivity index (χ0v) is 19.8. The Kier molecular flexibility index (Phi) is 7.64. The minimum absolute atomic E-state index is 0.265. The molecule has 1 aliphatic carbocycles. The number of carbonyl (C=O) groups excluding carboxylic acids is 1. The van der Waals surface area contributed by atoms with Gasteiger partial charge in [-0.15, -0.1) is 0 Å². The molecule has 3 nitrogen and oxygen atoms in total. The third-order valence-electron chi connectivity index (χ3n) is 6.82. The van der Waals surface area contributed by atoms with Gasteiger partial charge in [0, 0.05) is 12.1 Å². The summed E-state index contributed by atoms with van der Waals surface area (Å²) in [6.07, 6.45) is -6.08. The Morgan fingerprint density at radius 2 is 1.19 bits per heavy atom. The second kappa shape index (κ2) is 10.6. The van der Waals surface area contributed by atoms with Gasteiger partial charge >= 0.3 is 12.4 Å². The monoisotopic (exact) mass is 520 g/mol. The minimum Gasteiger partial charge on any atom is -0.352 e. The van der Waals surface area contributed by atoms with E-state index in [1.54, 1.807) is 18.2 Å². The van der Waals surface area contributed by atoms with Crippen LogP contribution in [-0.2, 0) is 12.4 Å². The molecule has 0 spiro atoms. The maximum Gasteiger partial charge on any atom is 0.416 e. The average molecular weight is 521 g/mol. The Labute approximate surface area is 210 Å². The predicted molar refractivity (Wildman–Crippen MR) is 130 cm³/mol. The molecule has 2 atom stereocenters. The summed E-state index contributed by atoms with van der Waals surface area (Å²) in [6.45, 7) is 1.07. The lowest BCUT2D eigenvalue weighted by Gasteiger charge is -2.15. The molecule has 9 heteroatoms. The van der Waals surface area contributed by atoms with Crippen LogP contribution < -0.4 is 11.1 Å². The molecule has 1 saturated carbocycles. The molecule has 3 N–H and O–H groups in total. The summed E-state index contributed by atoms with van der Waals surface area (Å²) in [5.41, 5.74) is 6.22. The van der Waals surface area contributed by atoms with Crippen LogP contribution in [-0.4, -0.2) is 19.0 Å². The van der Waals surface area contributed by atoms with E-state index in [-0.39, 0.29) is 11.5 Å². The van der Waals surface area contributed by atoms with Crippen molar-refractivity contribution in [3.63, 3.8) is 0 Å². The third kappa shape index (κ3) is 6.52. The number of amides is 1. The van der Waals surface area contributed by atoms with Crippen LogP contribution >= 0.6 is 0 Å². The number of rotatable bonds is 6. The lowest BCUT2D eigenvalue weighted by atomic mass is 9.94. The molecule has 196 valence electrons. The maximum atomic E-state index is 13.1. The molecule has 0 aromatic heterocycles. The van der Waals surface area contributed by atoms with E-state index in [0.717, 1.165) is 43.5 Å². The summed E-state index contributed by atoms with van der Waals surface area (Å²) < 4.78 is 78.1. The Morgan fingerprint density at radius 3 is 1.59 bits per heavy atom. The largest absolute Gasteiger partial charge is 0.416 e. The van der Waals surface area contributed by atoms with E-state index < -0.39 is 23.5 Å². The molecule has 3 aromatic rings. The van der Waals surface area contributed by atoms with Crippen LogP contribution in [0.1, 0.15) is 40.7 Å². The van der Waals surface area contributed by atoms with E-state index in [1.165, 1.54) is 24.3 Å². The molecule has 0 heterocycles. The van der Waals surface area contributed by atoms with Gasteiger partial charge in [0.15, 0.2) is 0 Å².